The average molecular weight is 1700 g/mol. The van der Waals surface area contributed by atoms with Crippen molar-refractivity contribution in [2.45, 2.75) is 150 Å². The molecule has 12 heterocycles. The number of piperazine rings is 3. The van der Waals surface area contributed by atoms with Gasteiger partial charge in [-0.15, -0.1) is 0 Å². The monoisotopic (exact) mass is 1700 g/mol. The summed E-state index contributed by atoms with van der Waals surface area (Å²) in [5.41, 5.74) is 10.8. The zero-order valence-electron chi connectivity index (χ0n) is 71.5. The zero-order valence-corrected chi connectivity index (χ0v) is 72.3. The lowest BCUT2D eigenvalue weighted by molar-refractivity contribution is -0.129. The van der Waals surface area contributed by atoms with Gasteiger partial charge in [0.05, 0.1) is 110 Å². The number of ether oxygens (including phenoxy) is 5. The largest absolute Gasteiger partial charge is 0.462 e. The van der Waals surface area contributed by atoms with E-state index in [2.05, 4.69) is 204 Å². The van der Waals surface area contributed by atoms with E-state index in [9.17, 15) is 30.2 Å². The summed E-state index contributed by atoms with van der Waals surface area (Å²) >= 11 is 7.53. The maximum absolute atomic E-state index is 13.4. The lowest BCUT2D eigenvalue weighted by Gasteiger charge is -2.42. The van der Waals surface area contributed by atoms with Crippen LogP contribution in [0.1, 0.15) is 137 Å². The number of anilines is 3. The Morgan fingerprint density at radius 2 is 0.888 bits per heavy atom. The van der Waals surface area contributed by atoms with Crippen LogP contribution < -0.4 is 28.9 Å². The first-order valence-electron chi connectivity index (χ1n) is 44.0. The van der Waals surface area contributed by atoms with Crippen LogP contribution in [0.4, 0.5) is 17.5 Å². The average Bonchev–Trinajstić information content (AvgIpc) is 1.69. The van der Waals surface area contributed by atoms with Gasteiger partial charge in [0.1, 0.15) is 37.3 Å². The van der Waals surface area contributed by atoms with Gasteiger partial charge in [0.15, 0.2) is 0 Å². The van der Waals surface area contributed by atoms with Crippen LogP contribution in [0.2, 0.25) is 5.02 Å². The van der Waals surface area contributed by atoms with Crippen LogP contribution in [-0.2, 0) is 62.9 Å². The maximum Gasteiger partial charge on any atom is 0.318 e. The van der Waals surface area contributed by atoms with E-state index >= 15 is 0 Å². The smallest absolute Gasteiger partial charge is 0.318 e. The molecule has 11 atom stereocenters. The molecule has 6 aromatic carbocycles. The number of nitrogens with zero attached hydrogens (tertiary/aromatic N) is 19. The fourth-order valence-corrected chi connectivity index (χ4v) is 21.6. The molecule has 6 fully saturated rings. The minimum Gasteiger partial charge on any atom is -0.462 e. The normalized spacial score (nSPS) is 24.3. The predicted molar refractivity (Wildman–Crippen MR) is 477 cm³/mol. The molecule has 0 spiro atoms. The van der Waals surface area contributed by atoms with Crippen molar-refractivity contribution in [1.29, 1.82) is 15.8 Å². The van der Waals surface area contributed by atoms with Gasteiger partial charge in [-0.05, 0) is 153 Å². The second-order valence-corrected chi connectivity index (χ2v) is 35.3. The number of likely N-dealkylation sites (N-methyl/N-ethyl adjacent to an activating group) is 4. The standard InChI is InChI=1S/C97H106ClN19O8/c1-8-88(118)115-45-42-112(51-61(115)31-36-99)92-76-54-111(7)83(70-25-13-19-60-18-11-12-21-65(60)70)48-80(76)102-96(105-92)124-59-85-72(35-41-110(85)6)69-29-30-79(98)91-74(69)27-16-28-75(91)87-50-82-78(57-122-87)94(114-44-47-117(90(120)10-3)63(53-114)33-38-101)107-97(104-82)125-58-84-71(34-40-109(84)5)67-23-14-24-68-66(67)22-15-26-73(68)86-49-81-77(56-121-86)93(106-95(103-81)123-55-64-20-17-39-108(64)4)113-43-46-116(89(119)9-2)62(52-113)32-37-100/h8-16,18-19,21-30,61-64,71-72,83-87H,1-3,17,20,31-35,39-59H2,4-7H3/t61-,62-,63-,64-,71?,72?,83?,84+,85+,86?,87?/m0/s1. The number of aromatic nitrogens is 6. The molecule has 0 radical (unpaired) electrons. The van der Waals surface area contributed by atoms with Crippen LogP contribution in [0.25, 0.3) is 32.3 Å². The van der Waals surface area contributed by atoms with Crippen LogP contribution in [0.5, 0.6) is 18.0 Å². The van der Waals surface area contributed by atoms with Crippen molar-refractivity contribution in [1.82, 2.24) is 64.2 Å². The first-order valence-corrected chi connectivity index (χ1v) is 44.3. The minimum absolute atomic E-state index is 0.0131. The predicted octanol–water partition coefficient (Wildman–Crippen LogP) is 12.1. The van der Waals surface area contributed by atoms with Crippen molar-refractivity contribution in [3.8, 4) is 36.2 Å². The number of rotatable bonds is 23. The summed E-state index contributed by atoms with van der Waals surface area (Å²) in [4.78, 5) is 92.4. The summed E-state index contributed by atoms with van der Waals surface area (Å²) < 4.78 is 34.6. The number of benzene rings is 6. The third-order valence-electron chi connectivity index (χ3n) is 28.0. The third kappa shape index (κ3) is 16.5. The Hall–Kier alpha value is -11.7. The van der Waals surface area contributed by atoms with Crippen molar-refractivity contribution in [3.63, 3.8) is 0 Å². The highest BCUT2D eigenvalue weighted by Crippen LogP contribution is 2.48. The molecule has 3 aromatic heterocycles. The number of likely N-dealkylation sites (tertiary alicyclic amines) is 3. The van der Waals surface area contributed by atoms with Crippen molar-refractivity contribution >= 4 is 79.1 Å². The van der Waals surface area contributed by atoms with E-state index in [4.69, 9.17) is 65.2 Å². The van der Waals surface area contributed by atoms with E-state index in [1.165, 1.54) is 40.1 Å². The molecule has 18 rings (SSSR count). The number of carbonyl (C=O) groups is 3. The van der Waals surface area contributed by atoms with Gasteiger partial charge < -0.3 is 58.0 Å². The summed E-state index contributed by atoms with van der Waals surface area (Å²) in [6.45, 7) is 19.8. The molecule has 0 aliphatic carbocycles. The molecule has 6 saturated heterocycles. The maximum atomic E-state index is 13.4. The summed E-state index contributed by atoms with van der Waals surface area (Å²) in [6.07, 6.45) is 8.88. The third-order valence-corrected chi connectivity index (χ3v) is 28.3. The summed E-state index contributed by atoms with van der Waals surface area (Å²) in [6, 6.07) is 45.4. The highest BCUT2D eigenvalue weighted by molar-refractivity contribution is 6.36. The Kier molecular flexibility index (Phi) is 24.5. The summed E-state index contributed by atoms with van der Waals surface area (Å²) in [5, 5.41) is 37.3. The van der Waals surface area contributed by atoms with Gasteiger partial charge in [0.25, 0.3) is 0 Å². The van der Waals surface area contributed by atoms with E-state index in [0.29, 0.717) is 121 Å². The quantitative estimate of drug-likeness (QED) is 0.0538. The Morgan fingerprint density at radius 3 is 1.41 bits per heavy atom. The lowest BCUT2D eigenvalue weighted by atomic mass is 9.86. The van der Waals surface area contributed by atoms with Gasteiger partial charge in [-0.2, -0.15) is 45.7 Å². The Labute approximate surface area is 734 Å². The van der Waals surface area contributed by atoms with Crippen molar-refractivity contribution in [3.05, 3.63) is 214 Å². The van der Waals surface area contributed by atoms with E-state index in [0.717, 1.165) is 123 Å². The highest BCUT2D eigenvalue weighted by atomic mass is 35.5. The lowest BCUT2D eigenvalue weighted by Crippen LogP contribution is -2.55. The van der Waals surface area contributed by atoms with E-state index in [1.54, 1.807) is 14.7 Å². The number of halogens is 1. The summed E-state index contributed by atoms with van der Waals surface area (Å²) in [7, 11) is 8.58. The van der Waals surface area contributed by atoms with E-state index in [1.807, 2.05) is 6.07 Å². The first kappa shape index (κ1) is 84.1. The van der Waals surface area contributed by atoms with Crippen LogP contribution >= 0.6 is 11.6 Å². The second kappa shape index (κ2) is 36.5. The van der Waals surface area contributed by atoms with Gasteiger partial charge in [-0.3, -0.25) is 29.1 Å². The van der Waals surface area contributed by atoms with E-state index in [-0.39, 0.29) is 123 Å². The molecule has 644 valence electrons. The number of carbonyl (C=O) groups excluding carboxylic acids is 3. The van der Waals surface area contributed by atoms with Gasteiger partial charge in [0.2, 0.25) is 17.7 Å². The molecule has 5 unspecified atom stereocenters. The molecule has 28 heteroatoms. The molecule has 0 saturated carbocycles. The first-order chi connectivity index (χ1) is 61.0. The summed E-state index contributed by atoms with van der Waals surface area (Å²) in [5.74, 6) is 1.55. The van der Waals surface area contributed by atoms with Crippen molar-refractivity contribution in [2.24, 2.45) is 0 Å². The van der Waals surface area contributed by atoms with Gasteiger partial charge >= 0.3 is 18.0 Å². The van der Waals surface area contributed by atoms with Crippen LogP contribution in [0.15, 0.2) is 147 Å². The Balaban J connectivity index is 0.621. The molecule has 9 aromatic rings. The number of amides is 3. The van der Waals surface area contributed by atoms with Gasteiger partial charge in [-0.25, -0.2) is 0 Å². The van der Waals surface area contributed by atoms with Crippen molar-refractivity contribution < 1.29 is 38.1 Å². The molecule has 125 heavy (non-hydrogen) atoms. The number of hydrogen-bond donors (Lipinski definition) is 0. The molecular weight excluding hydrogens is 1590 g/mol. The molecule has 0 bridgehead atoms. The zero-order chi connectivity index (χ0) is 86.3. The fraction of sp³-hybridized carbons (Fsp3) is 0.443. The Bertz CT molecular complexity index is 5810. The van der Waals surface area contributed by atoms with E-state index < -0.39 is 12.1 Å². The molecule has 27 nitrogen and oxygen atoms in total. The molecule has 9 aliphatic heterocycles. The van der Waals surface area contributed by atoms with Crippen LogP contribution in [0.3, 0.4) is 0 Å². The van der Waals surface area contributed by atoms with Crippen LogP contribution in [-0.4, -0.2) is 245 Å². The fourth-order valence-electron chi connectivity index (χ4n) is 21.3. The van der Waals surface area contributed by atoms with Crippen LogP contribution in [0, 0.1) is 34.0 Å². The molecule has 0 N–H and O–H groups in total. The van der Waals surface area contributed by atoms with Gasteiger partial charge in [-0.1, -0.05) is 134 Å². The molecular formula is C97H106ClN19O8. The van der Waals surface area contributed by atoms with Gasteiger partial charge in [0, 0.05) is 136 Å². The molecule has 3 amide bonds. The Morgan fingerprint density at radius 1 is 0.448 bits per heavy atom. The van der Waals surface area contributed by atoms with Crippen molar-refractivity contribution in [2.75, 3.05) is 141 Å². The number of nitriles is 3. The molecule has 9 aliphatic rings. The minimum atomic E-state index is -0.488. The number of hydrogen-bond acceptors (Lipinski definition) is 24. The highest BCUT2D eigenvalue weighted by Gasteiger charge is 2.43. The SMILES string of the molecule is C=CC(=O)N1CCN(c2nc(OC[C@@H]3CCCN3C)nc3c2COC(c2cccc4c(C5CCN(C)[C@@H]5COc5nc6c(c(N7CCN(C(=O)C=C)[C@@H](CC#N)C7)n5)COC(c5cccc7c(C8CCN(C)[C@@H]8COc8nc9c(c(N%10CCN(C(=O)C=C)[C@@H](CC#N)C%10)n8)CN(C)C(c8cccc%10ccccc8%10)C9)ccc(Cl)c57)C6)cccc24)C3)C[C@@H]1CC#N. The number of fused-ring (bicyclic) bond motifs is 6. The second-order valence-electron chi connectivity index (χ2n) is 34.9. The topological polar surface area (TPSA) is 278 Å².